The molecule has 3 rings (SSSR count). The smallest absolute Gasteiger partial charge is 0.431 e. The highest BCUT2D eigenvalue weighted by atomic mass is 16.7. The molecule has 1 aliphatic carbocycles. The molecular formula is C16H18N2O7. The number of carbonyl (C=O) groups is 2. The summed E-state index contributed by atoms with van der Waals surface area (Å²) in [6, 6.07) is 5.09. The second kappa shape index (κ2) is 7.06. The Balaban J connectivity index is 1.51. The summed E-state index contributed by atoms with van der Waals surface area (Å²) >= 11 is 0. The number of nitrogens with zero attached hydrogens (tertiary/aromatic N) is 1. The number of nitro groups is 1. The van der Waals surface area contributed by atoms with Crippen LogP contribution >= 0.6 is 0 Å². The van der Waals surface area contributed by atoms with E-state index in [1.165, 1.54) is 31.2 Å². The average Bonchev–Trinajstić information content (AvgIpc) is 3.09. The minimum Gasteiger partial charge on any atom is -0.431 e. The molecular weight excluding hydrogens is 332 g/mol. The van der Waals surface area contributed by atoms with Crippen LogP contribution in [0.4, 0.5) is 10.5 Å². The first kappa shape index (κ1) is 17.2. The number of rotatable bonds is 4. The fraction of sp³-hybridized carbons (Fsp3) is 0.500. The molecule has 9 heteroatoms. The van der Waals surface area contributed by atoms with Crippen molar-refractivity contribution in [3.63, 3.8) is 0 Å². The van der Waals surface area contributed by atoms with E-state index in [1.54, 1.807) is 0 Å². The molecule has 0 aromatic heterocycles. The minimum atomic E-state index is -0.866. The van der Waals surface area contributed by atoms with Gasteiger partial charge in [0.15, 0.2) is 0 Å². The standard InChI is InChI=1S/C16H18N2O7/c1-9(19)17-14-8-23-15-7-12(6-13(14)15)25-16(20)24-11-4-2-10(3-5-11)18(21)22/h2-5,12-15H,6-8H2,1H3,(H,17,19). The van der Waals surface area contributed by atoms with Crippen LogP contribution in [-0.2, 0) is 14.3 Å². The molecule has 4 atom stereocenters. The number of fused-ring (bicyclic) bond motifs is 1. The van der Waals surface area contributed by atoms with Gasteiger partial charge in [0, 0.05) is 31.4 Å². The molecule has 1 aromatic carbocycles. The molecule has 1 aliphatic heterocycles. The molecule has 1 heterocycles. The summed E-state index contributed by atoms with van der Waals surface area (Å²) in [5, 5.41) is 13.4. The quantitative estimate of drug-likeness (QED) is 0.381. The average molecular weight is 350 g/mol. The Bertz CT molecular complexity index is 676. The second-order valence-electron chi connectivity index (χ2n) is 6.16. The van der Waals surface area contributed by atoms with Crippen molar-refractivity contribution in [2.24, 2.45) is 5.92 Å². The van der Waals surface area contributed by atoms with E-state index in [1.807, 2.05) is 0 Å². The Kier molecular flexibility index (Phi) is 4.84. The number of amides is 1. The summed E-state index contributed by atoms with van der Waals surface area (Å²) in [5.74, 6) is 0.165. The number of hydrogen-bond donors (Lipinski definition) is 1. The lowest BCUT2D eigenvalue weighted by molar-refractivity contribution is -0.384. The lowest BCUT2D eigenvalue weighted by atomic mass is 9.99. The van der Waals surface area contributed by atoms with E-state index in [0.717, 1.165) is 0 Å². The summed E-state index contributed by atoms with van der Waals surface area (Å²) in [7, 11) is 0. The van der Waals surface area contributed by atoms with Gasteiger partial charge in [0.1, 0.15) is 11.9 Å². The molecule has 0 radical (unpaired) electrons. The Morgan fingerprint density at radius 1 is 1.28 bits per heavy atom. The highest BCUT2D eigenvalue weighted by Gasteiger charge is 2.46. The maximum atomic E-state index is 11.9. The van der Waals surface area contributed by atoms with Crippen LogP contribution in [0, 0.1) is 16.0 Å². The van der Waals surface area contributed by atoms with Gasteiger partial charge in [-0.25, -0.2) is 4.79 Å². The van der Waals surface area contributed by atoms with Crippen molar-refractivity contribution >= 4 is 17.7 Å². The van der Waals surface area contributed by atoms with Crippen molar-refractivity contribution in [3.05, 3.63) is 34.4 Å². The summed E-state index contributed by atoms with van der Waals surface area (Å²) < 4.78 is 16.0. The number of nitro benzene ring substituents is 1. The first-order chi connectivity index (χ1) is 11.9. The van der Waals surface area contributed by atoms with E-state index in [0.29, 0.717) is 19.4 Å². The van der Waals surface area contributed by atoms with E-state index < -0.39 is 11.1 Å². The molecule has 1 amide bonds. The molecule has 4 unspecified atom stereocenters. The Morgan fingerprint density at radius 3 is 2.64 bits per heavy atom. The fourth-order valence-electron chi connectivity index (χ4n) is 3.35. The monoisotopic (exact) mass is 350 g/mol. The summed E-state index contributed by atoms with van der Waals surface area (Å²) in [4.78, 5) is 33.1. The topological polar surface area (TPSA) is 117 Å². The number of nitrogens with one attached hydrogen (secondary N) is 1. The van der Waals surface area contributed by atoms with Gasteiger partial charge in [-0.2, -0.15) is 0 Å². The van der Waals surface area contributed by atoms with Crippen molar-refractivity contribution in [1.29, 1.82) is 0 Å². The Labute approximate surface area is 143 Å². The van der Waals surface area contributed by atoms with Gasteiger partial charge in [-0.05, 0) is 18.6 Å². The predicted molar refractivity (Wildman–Crippen MR) is 84.1 cm³/mol. The van der Waals surface area contributed by atoms with Gasteiger partial charge in [0.25, 0.3) is 5.69 Å². The van der Waals surface area contributed by atoms with Gasteiger partial charge in [-0.3, -0.25) is 14.9 Å². The first-order valence-electron chi connectivity index (χ1n) is 7.94. The number of ether oxygens (including phenoxy) is 3. The van der Waals surface area contributed by atoms with E-state index in [2.05, 4.69) is 5.32 Å². The van der Waals surface area contributed by atoms with Crippen molar-refractivity contribution < 1.29 is 28.7 Å². The highest BCUT2D eigenvalue weighted by Crippen LogP contribution is 2.37. The number of benzene rings is 1. The predicted octanol–water partition coefficient (Wildman–Crippen LogP) is 1.79. The van der Waals surface area contributed by atoms with Crippen LogP contribution in [0.2, 0.25) is 0 Å². The van der Waals surface area contributed by atoms with E-state index in [9.17, 15) is 19.7 Å². The maximum absolute atomic E-state index is 11.9. The maximum Gasteiger partial charge on any atom is 0.514 e. The molecule has 134 valence electrons. The molecule has 1 aromatic rings. The van der Waals surface area contributed by atoms with Crippen LogP contribution in [0.1, 0.15) is 19.8 Å². The fourth-order valence-corrected chi connectivity index (χ4v) is 3.35. The third-order valence-electron chi connectivity index (χ3n) is 4.41. The molecule has 2 aliphatic rings. The molecule has 0 spiro atoms. The van der Waals surface area contributed by atoms with Crippen LogP contribution in [-0.4, -0.2) is 41.8 Å². The zero-order valence-electron chi connectivity index (χ0n) is 13.5. The van der Waals surface area contributed by atoms with Gasteiger partial charge in [0.05, 0.1) is 23.7 Å². The zero-order chi connectivity index (χ0) is 18.0. The third-order valence-corrected chi connectivity index (χ3v) is 4.41. The number of carbonyl (C=O) groups excluding carboxylic acids is 2. The van der Waals surface area contributed by atoms with E-state index >= 15 is 0 Å². The van der Waals surface area contributed by atoms with Gasteiger partial charge in [-0.15, -0.1) is 0 Å². The van der Waals surface area contributed by atoms with Crippen LogP contribution in [0.5, 0.6) is 5.75 Å². The highest BCUT2D eigenvalue weighted by molar-refractivity contribution is 5.73. The summed E-state index contributed by atoms with van der Waals surface area (Å²) in [6.45, 7) is 1.92. The molecule has 1 N–H and O–H groups in total. The molecule has 25 heavy (non-hydrogen) atoms. The molecule has 1 saturated heterocycles. The van der Waals surface area contributed by atoms with Crippen molar-refractivity contribution in [2.75, 3.05) is 6.61 Å². The van der Waals surface area contributed by atoms with E-state index in [4.69, 9.17) is 14.2 Å². The normalized spacial score (nSPS) is 27.4. The van der Waals surface area contributed by atoms with Crippen LogP contribution in [0.25, 0.3) is 0 Å². The van der Waals surface area contributed by atoms with Gasteiger partial charge >= 0.3 is 6.16 Å². The molecule has 2 fully saturated rings. The molecule has 1 saturated carbocycles. The van der Waals surface area contributed by atoms with Gasteiger partial charge < -0.3 is 19.5 Å². The van der Waals surface area contributed by atoms with Gasteiger partial charge in [0.2, 0.25) is 5.91 Å². The van der Waals surface area contributed by atoms with Crippen LogP contribution < -0.4 is 10.1 Å². The third kappa shape index (κ3) is 4.05. The molecule has 0 bridgehead atoms. The lowest BCUT2D eigenvalue weighted by Crippen LogP contribution is -2.39. The summed E-state index contributed by atoms with van der Waals surface area (Å²) in [5.41, 5.74) is -0.0921. The second-order valence-corrected chi connectivity index (χ2v) is 6.16. The zero-order valence-corrected chi connectivity index (χ0v) is 13.5. The summed E-state index contributed by atoms with van der Waals surface area (Å²) in [6.07, 6.45) is -0.123. The van der Waals surface area contributed by atoms with Gasteiger partial charge in [-0.1, -0.05) is 0 Å². The number of hydrogen-bond acceptors (Lipinski definition) is 7. The first-order valence-corrected chi connectivity index (χ1v) is 7.94. The minimum absolute atomic E-state index is 0.0472. The Hall–Kier alpha value is -2.68. The molecule has 9 nitrogen and oxygen atoms in total. The SMILES string of the molecule is CC(=O)NC1COC2CC(OC(=O)Oc3ccc([N+](=O)[O-])cc3)CC12. The van der Waals surface area contributed by atoms with Crippen molar-refractivity contribution in [1.82, 2.24) is 5.32 Å². The Morgan fingerprint density at radius 2 is 2.00 bits per heavy atom. The number of non-ortho nitro benzene ring substituents is 1. The lowest BCUT2D eigenvalue weighted by Gasteiger charge is -2.17. The van der Waals surface area contributed by atoms with Crippen LogP contribution in [0.15, 0.2) is 24.3 Å². The van der Waals surface area contributed by atoms with Crippen LogP contribution in [0.3, 0.4) is 0 Å². The van der Waals surface area contributed by atoms with Crippen molar-refractivity contribution in [3.8, 4) is 5.75 Å². The largest absolute Gasteiger partial charge is 0.514 e. The van der Waals surface area contributed by atoms with E-state index in [-0.39, 0.29) is 41.5 Å². The van der Waals surface area contributed by atoms with Crippen molar-refractivity contribution in [2.45, 2.75) is 38.0 Å².